The van der Waals surface area contributed by atoms with E-state index in [9.17, 15) is 9.59 Å². The van der Waals surface area contributed by atoms with Crippen molar-refractivity contribution >= 4 is 18.2 Å². The Kier molecular flexibility index (Phi) is 5.28. The highest BCUT2D eigenvalue weighted by molar-refractivity contribution is 5.96. The Bertz CT molecular complexity index is 190. The summed E-state index contributed by atoms with van der Waals surface area (Å²) in [6.07, 6.45) is 0.646. The molecule has 0 heterocycles. The van der Waals surface area contributed by atoms with Gasteiger partial charge in [0.05, 0.1) is 13.1 Å². The zero-order valence-electron chi connectivity index (χ0n) is 6.41. The minimum Gasteiger partial charge on any atom is -0.368 e. The molecule has 0 aliphatic carbocycles. The molecule has 12 heavy (non-hydrogen) atoms. The van der Waals surface area contributed by atoms with Crippen molar-refractivity contribution in [1.82, 2.24) is 10.6 Å². The van der Waals surface area contributed by atoms with Gasteiger partial charge in [-0.3, -0.25) is 10.1 Å². The van der Waals surface area contributed by atoms with Crippen LogP contribution in [-0.2, 0) is 9.59 Å². The predicted molar refractivity (Wildman–Crippen MR) is 42.9 cm³/mol. The quantitative estimate of drug-likeness (QED) is 0.0905. The van der Waals surface area contributed by atoms with Gasteiger partial charge in [0.2, 0.25) is 11.9 Å². The van der Waals surface area contributed by atoms with Crippen LogP contribution in [0.3, 0.4) is 0 Å². The van der Waals surface area contributed by atoms with Crippen LogP contribution in [-0.4, -0.2) is 31.2 Å². The molecular formula is C5H11N5O2. The summed E-state index contributed by atoms with van der Waals surface area (Å²) in [5.74, 6) is 4.19. The minimum absolute atomic E-state index is 0.00500. The summed E-state index contributed by atoms with van der Waals surface area (Å²) >= 11 is 0. The zero-order chi connectivity index (χ0) is 9.40. The van der Waals surface area contributed by atoms with E-state index < -0.39 is 5.91 Å². The molecule has 0 aromatic rings. The third-order valence-corrected chi connectivity index (χ3v) is 0.920. The average Bonchev–Trinajstić information content (AvgIpc) is 2.05. The molecule has 0 rings (SSSR count). The molecular weight excluding hydrogens is 162 g/mol. The van der Waals surface area contributed by atoms with E-state index >= 15 is 0 Å². The molecule has 0 spiro atoms. The highest BCUT2D eigenvalue weighted by Crippen LogP contribution is 1.62. The number of guanidine groups is 1. The largest absolute Gasteiger partial charge is 0.368 e. The van der Waals surface area contributed by atoms with Crippen molar-refractivity contribution in [3.05, 3.63) is 0 Å². The Morgan fingerprint density at radius 2 is 2.25 bits per heavy atom. The second-order valence-corrected chi connectivity index (χ2v) is 1.86. The van der Waals surface area contributed by atoms with Crippen LogP contribution in [0, 0.1) is 0 Å². The summed E-state index contributed by atoms with van der Waals surface area (Å²) in [6, 6.07) is 0. The van der Waals surface area contributed by atoms with Gasteiger partial charge in [0.15, 0.2) is 0 Å². The highest BCUT2D eigenvalue weighted by atomic mass is 16.2. The predicted octanol–water partition coefficient (Wildman–Crippen LogP) is -2.92. The first kappa shape index (κ1) is 10.4. The molecule has 7 heteroatoms. The van der Waals surface area contributed by atoms with Crippen LogP contribution in [0.25, 0.3) is 0 Å². The normalized spacial score (nSPS) is 10.8. The van der Waals surface area contributed by atoms with Gasteiger partial charge in [-0.2, -0.15) is 0 Å². The number of nitrogens with zero attached hydrogens (tertiary/aromatic N) is 1. The van der Waals surface area contributed by atoms with Crippen molar-refractivity contribution in [3.63, 3.8) is 0 Å². The van der Waals surface area contributed by atoms with Crippen LogP contribution >= 0.6 is 0 Å². The third-order valence-electron chi connectivity index (χ3n) is 0.920. The maximum Gasteiger partial charge on any atom is 0.240 e. The number of carbonyl (C=O) groups excluding carboxylic acids is 2. The Hall–Kier alpha value is -1.63. The summed E-state index contributed by atoms with van der Waals surface area (Å²) in [7, 11) is 0. The minimum atomic E-state index is -0.399. The molecule has 0 saturated heterocycles. The lowest BCUT2D eigenvalue weighted by molar-refractivity contribution is -0.118. The molecule has 0 fully saturated rings. The van der Waals surface area contributed by atoms with E-state index in [4.69, 9.17) is 11.6 Å². The molecule has 0 radical (unpaired) electrons. The summed E-state index contributed by atoms with van der Waals surface area (Å²) in [5.41, 5.74) is 5.07. The third kappa shape index (κ3) is 5.18. The van der Waals surface area contributed by atoms with Gasteiger partial charge in [0.25, 0.3) is 0 Å². The van der Waals surface area contributed by atoms with E-state index in [0.717, 1.165) is 0 Å². The number of hydrogen-bond acceptors (Lipinski definition) is 5. The number of nitrogens with two attached hydrogens (primary N) is 2. The SMILES string of the molecule is N/N=C(\N)NC(=O)CNCC=O. The molecule has 0 unspecified atom stereocenters. The lowest BCUT2D eigenvalue weighted by Crippen LogP contribution is -2.42. The number of aldehydes is 1. The first-order valence-corrected chi connectivity index (χ1v) is 3.18. The first-order valence-electron chi connectivity index (χ1n) is 3.18. The second-order valence-electron chi connectivity index (χ2n) is 1.86. The van der Waals surface area contributed by atoms with E-state index in [-0.39, 0.29) is 19.0 Å². The standard InChI is InChI=1S/C5H11N5O2/c6-5(10-7)9-4(12)3-8-1-2-11/h2,8H,1,3,7H2,(H3,6,9,10,12). The first-order chi connectivity index (χ1) is 5.70. The van der Waals surface area contributed by atoms with Gasteiger partial charge in [-0.15, -0.1) is 5.10 Å². The average molecular weight is 173 g/mol. The molecule has 6 N–H and O–H groups in total. The van der Waals surface area contributed by atoms with Crippen molar-refractivity contribution in [2.24, 2.45) is 16.7 Å². The molecule has 0 aliphatic heterocycles. The summed E-state index contributed by atoms with van der Waals surface area (Å²) in [4.78, 5) is 20.6. The maximum absolute atomic E-state index is 10.8. The second kappa shape index (κ2) is 6.10. The lowest BCUT2D eigenvalue weighted by Gasteiger charge is -2.01. The van der Waals surface area contributed by atoms with Gasteiger partial charge < -0.3 is 21.7 Å². The van der Waals surface area contributed by atoms with Crippen LogP contribution in [0.15, 0.2) is 5.10 Å². The Morgan fingerprint density at radius 1 is 1.58 bits per heavy atom. The van der Waals surface area contributed by atoms with Gasteiger partial charge in [-0.25, -0.2) is 0 Å². The maximum atomic E-state index is 10.8. The summed E-state index contributed by atoms with van der Waals surface area (Å²) < 4.78 is 0. The van der Waals surface area contributed by atoms with Gasteiger partial charge in [-0.1, -0.05) is 0 Å². The molecule has 0 aliphatic rings. The molecule has 7 nitrogen and oxygen atoms in total. The fourth-order valence-electron chi connectivity index (χ4n) is 0.464. The number of hydrogen-bond donors (Lipinski definition) is 4. The molecule has 0 atom stereocenters. The van der Waals surface area contributed by atoms with E-state index in [0.29, 0.717) is 6.29 Å². The van der Waals surface area contributed by atoms with Gasteiger partial charge >= 0.3 is 0 Å². The van der Waals surface area contributed by atoms with Crippen LogP contribution in [0.5, 0.6) is 0 Å². The topological polar surface area (TPSA) is 123 Å². The number of amides is 1. The van der Waals surface area contributed by atoms with Crippen LogP contribution in [0.2, 0.25) is 0 Å². The summed E-state index contributed by atoms with van der Waals surface area (Å²) in [6.45, 7) is 0.113. The van der Waals surface area contributed by atoms with Crippen molar-refractivity contribution in [2.75, 3.05) is 13.1 Å². The van der Waals surface area contributed by atoms with Crippen LogP contribution in [0.4, 0.5) is 0 Å². The van der Waals surface area contributed by atoms with Gasteiger partial charge in [0, 0.05) is 0 Å². The fraction of sp³-hybridized carbons (Fsp3) is 0.400. The van der Waals surface area contributed by atoms with E-state index in [1.54, 1.807) is 0 Å². The molecule has 1 amide bonds. The molecule has 0 aromatic carbocycles. The summed E-state index contributed by atoms with van der Waals surface area (Å²) in [5, 5.41) is 7.73. The molecule has 0 bridgehead atoms. The van der Waals surface area contributed by atoms with Crippen molar-refractivity contribution in [2.45, 2.75) is 0 Å². The van der Waals surface area contributed by atoms with Crippen LogP contribution < -0.4 is 22.2 Å². The van der Waals surface area contributed by atoms with E-state index in [2.05, 4.69) is 15.7 Å². The molecule has 0 aromatic heterocycles. The number of carbonyl (C=O) groups is 2. The lowest BCUT2D eigenvalue weighted by atomic mass is 10.5. The van der Waals surface area contributed by atoms with E-state index in [1.165, 1.54) is 0 Å². The van der Waals surface area contributed by atoms with Crippen molar-refractivity contribution in [1.29, 1.82) is 0 Å². The molecule has 0 saturated carbocycles. The number of hydrazone groups is 1. The molecule has 68 valence electrons. The zero-order valence-corrected chi connectivity index (χ0v) is 6.41. The fourth-order valence-corrected chi connectivity index (χ4v) is 0.464. The highest BCUT2D eigenvalue weighted by Gasteiger charge is 2.00. The number of rotatable bonds is 4. The van der Waals surface area contributed by atoms with Gasteiger partial charge in [-0.05, 0) is 0 Å². The Balaban J connectivity index is 3.53. The monoisotopic (exact) mass is 173 g/mol. The van der Waals surface area contributed by atoms with E-state index in [1.807, 2.05) is 0 Å². The Labute approximate surface area is 69.2 Å². The van der Waals surface area contributed by atoms with Crippen molar-refractivity contribution < 1.29 is 9.59 Å². The van der Waals surface area contributed by atoms with Crippen molar-refractivity contribution in [3.8, 4) is 0 Å². The van der Waals surface area contributed by atoms with Gasteiger partial charge in [0.1, 0.15) is 6.29 Å². The van der Waals surface area contributed by atoms with Crippen LogP contribution in [0.1, 0.15) is 0 Å². The smallest absolute Gasteiger partial charge is 0.240 e. The Morgan fingerprint density at radius 3 is 2.75 bits per heavy atom. The number of nitrogens with one attached hydrogen (secondary N) is 2.